The van der Waals surface area contributed by atoms with Gasteiger partial charge in [0.15, 0.2) is 0 Å². The molecule has 5 heteroatoms. The Morgan fingerprint density at radius 1 is 0.886 bits per heavy atom. The monoisotopic (exact) mass is 471 g/mol. The number of benzene rings is 2. The highest BCUT2D eigenvalue weighted by molar-refractivity contribution is 5.85. The highest BCUT2D eigenvalue weighted by atomic mass is 16.2. The van der Waals surface area contributed by atoms with E-state index in [-0.39, 0.29) is 24.4 Å². The number of aromatic nitrogens is 1. The lowest BCUT2D eigenvalue weighted by atomic mass is 10.1. The molecule has 4 rings (SSSR count). The SMILES string of the molecule is CCCCN(CC(=O)N(Cc1cccn1Cc1ccccc1)C1CC1)C(=O)CCc1ccccc1. The summed E-state index contributed by atoms with van der Waals surface area (Å²) in [5.41, 5.74) is 3.52. The maximum atomic E-state index is 13.5. The molecule has 184 valence electrons. The number of aryl methyl sites for hydroxylation is 1. The van der Waals surface area contributed by atoms with Crippen LogP contribution in [-0.2, 0) is 29.1 Å². The normalized spacial score (nSPS) is 12.9. The second kappa shape index (κ2) is 12.4. The van der Waals surface area contributed by atoms with Crippen molar-refractivity contribution in [2.24, 2.45) is 0 Å². The van der Waals surface area contributed by atoms with E-state index < -0.39 is 0 Å². The maximum Gasteiger partial charge on any atom is 0.242 e. The zero-order valence-electron chi connectivity index (χ0n) is 20.8. The Bertz CT molecular complexity index is 1070. The van der Waals surface area contributed by atoms with Crippen molar-refractivity contribution in [3.8, 4) is 0 Å². The number of hydrogen-bond acceptors (Lipinski definition) is 2. The van der Waals surface area contributed by atoms with E-state index in [1.807, 2.05) is 41.3 Å². The van der Waals surface area contributed by atoms with Crippen LogP contribution in [0.3, 0.4) is 0 Å². The van der Waals surface area contributed by atoms with Gasteiger partial charge in [0, 0.05) is 37.4 Å². The molecule has 1 heterocycles. The summed E-state index contributed by atoms with van der Waals surface area (Å²) in [4.78, 5) is 30.4. The third kappa shape index (κ3) is 7.32. The molecule has 1 fully saturated rings. The minimum Gasteiger partial charge on any atom is -0.345 e. The minimum absolute atomic E-state index is 0.0594. The molecule has 0 atom stereocenters. The molecular formula is C30H37N3O2. The summed E-state index contributed by atoms with van der Waals surface area (Å²) in [5.74, 6) is 0.128. The van der Waals surface area contributed by atoms with E-state index in [1.165, 1.54) is 5.56 Å². The second-order valence-corrected chi connectivity index (χ2v) is 9.52. The summed E-state index contributed by atoms with van der Waals surface area (Å²) < 4.78 is 2.22. The fraction of sp³-hybridized carbons (Fsp3) is 0.400. The van der Waals surface area contributed by atoms with Gasteiger partial charge in [0.05, 0.1) is 13.1 Å². The summed E-state index contributed by atoms with van der Waals surface area (Å²) >= 11 is 0. The molecule has 35 heavy (non-hydrogen) atoms. The maximum absolute atomic E-state index is 13.5. The Labute approximate surface area is 209 Å². The molecule has 0 aliphatic heterocycles. The Hall–Kier alpha value is -3.34. The molecule has 1 aliphatic carbocycles. The largest absolute Gasteiger partial charge is 0.345 e. The van der Waals surface area contributed by atoms with Crippen molar-refractivity contribution in [3.05, 3.63) is 95.8 Å². The first-order valence-corrected chi connectivity index (χ1v) is 12.9. The summed E-state index contributed by atoms with van der Waals surface area (Å²) in [6.07, 6.45) is 7.21. The van der Waals surface area contributed by atoms with E-state index >= 15 is 0 Å². The van der Waals surface area contributed by atoms with Gasteiger partial charge < -0.3 is 14.4 Å². The molecule has 1 aromatic heterocycles. The third-order valence-corrected chi connectivity index (χ3v) is 6.69. The Balaban J connectivity index is 1.40. The first-order valence-electron chi connectivity index (χ1n) is 12.9. The lowest BCUT2D eigenvalue weighted by Crippen LogP contribution is -2.44. The van der Waals surface area contributed by atoms with Gasteiger partial charge in [-0.15, -0.1) is 0 Å². The molecule has 0 radical (unpaired) electrons. The van der Waals surface area contributed by atoms with Gasteiger partial charge in [-0.1, -0.05) is 74.0 Å². The lowest BCUT2D eigenvalue weighted by Gasteiger charge is -2.28. The number of nitrogens with zero attached hydrogens (tertiary/aromatic N) is 3. The molecule has 3 aromatic rings. The third-order valence-electron chi connectivity index (χ3n) is 6.69. The predicted molar refractivity (Wildman–Crippen MR) is 140 cm³/mol. The van der Waals surface area contributed by atoms with Gasteiger partial charge >= 0.3 is 0 Å². The molecule has 5 nitrogen and oxygen atoms in total. The molecule has 0 N–H and O–H groups in total. The Morgan fingerprint density at radius 2 is 1.57 bits per heavy atom. The second-order valence-electron chi connectivity index (χ2n) is 9.52. The van der Waals surface area contributed by atoms with E-state index in [1.54, 1.807) is 4.90 Å². The molecule has 2 amide bonds. The van der Waals surface area contributed by atoms with Crippen LogP contribution in [0.15, 0.2) is 79.0 Å². The van der Waals surface area contributed by atoms with E-state index in [9.17, 15) is 9.59 Å². The van der Waals surface area contributed by atoms with Gasteiger partial charge in [-0.05, 0) is 48.9 Å². The van der Waals surface area contributed by atoms with Crippen molar-refractivity contribution in [3.63, 3.8) is 0 Å². The molecule has 0 bridgehead atoms. The van der Waals surface area contributed by atoms with Crippen molar-refractivity contribution in [1.29, 1.82) is 0 Å². The van der Waals surface area contributed by atoms with Crippen LogP contribution in [-0.4, -0.2) is 45.3 Å². The standard InChI is InChI=1S/C30H37N3O2/c1-2-3-20-32(29(34)19-16-25-11-6-4-7-12-25)24-30(35)33(27-17-18-27)23-28-15-10-21-31(28)22-26-13-8-5-9-14-26/h4-15,21,27H,2-3,16-20,22-24H2,1H3. The Kier molecular flexibility index (Phi) is 8.77. The van der Waals surface area contributed by atoms with E-state index in [0.717, 1.165) is 43.5 Å². The van der Waals surface area contributed by atoms with Gasteiger partial charge in [-0.3, -0.25) is 9.59 Å². The molecule has 1 aliphatic rings. The number of carbonyl (C=O) groups is 2. The Morgan fingerprint density at radius 3 is 2.23 bits per heavy atom. The van der Waals surface area contributed by atoms with Crippen LogP contribution in [0, 0.1) is 0 Å². The first-order chi connectivity index (χ1) is 17.1. The van der Waals surface area contributed by atoms with Gasteiger partial charge in [0.1, 0.15) is 0 Å². The number of rotatable bonds is 13. The number of amides is 2. The van der Waals surface area contributed by atoms with Crippen molar-refractivity contribution in [2.45, 2.75) is 64.6 Å². The molecule has 2 aromatic carbocycles. The number of carbonyl (C=O) groups excluding carboxylic acids is 2. The van der Waals surface area contributed by atoms with Crippen LogP contribution in [0.25, 0.3) is 0 Å². The van der Waals surface area contributed by atoms with Crippen molar-refractivity contribution in [2.75, 3.05) is 13.1 Å². The smallest absolute Gasteiger partial charge is 0.242 e. The molecule has 0 unspecified atom stereocenters. The summed E-state index contributed by atoms with van der Waals surface area (Å²) in [7, 11) is 0. The van der Waals surface area contributed by atoms with Crippen LogP contribution < -0.4 is 0 Å². The topological polar surface area (TPSA) is 45.6 Å². The van der Waals surface area contributed by atoms with Crippen LogP contribution in [0.2, 0.25) is 0 Å². The average molecular weight is 472 g/mol. The van der Waals surface area contributed by atoms with Gasteiger partial charge in [-0.25, -0.2) is 0 Å². The van der Waals surface area contributed by atoms with E-state index in [2.05, 4.69) is 54.1 Å². The van der Waals surface area contributed by atoms with Crippen LogP contribution in [0.1, 0.15) is 55.8 Å². The highest BCUT2D eigenvalue weighted by Gasteiger charge is 2.34. The number of hydrogen-bond donors (Lipinski definition) is 0. The fourth-order valence-electron chi connectivity index (χ4n) is 4.46. The van der Waals surface area contributed by atoms with Crippen LogP contribution >= 0.6 is 0 Å². The fourth-order valence-corrected chi connectivity index (χ4v) is 4.46. The van der Waals surface area contributed by atoms with Gasteiger partial charge in [-0.2, -0.15) is 0 Å². The number of unbranched alkanes of at least 4 members (excludes halogenated alkanes) is 1. The summed E-state index contributed by atoms with van der Waals surface area (Å²) in [5, 5.41) is 0. The van der Waals surface area contributed by atoms with E-state index in [4.69, 9.17) is 0 Å². The summed E-state index contributed by atoms with van der Waals surface area (Å²) in [6.45, 7) is 4.30. The quantitative estimate of drug-likeness (QED) is 0.340. The zero-order chi connectivity index (χ0) is 24.5. The predicted octanol–water partition coefficient (Wildman–Crippen LogP) is 5.29. The molecular weight excluding hydrogens is 434 g/mol. The van der Waals surface area contributed by atoms with Crippen molar-refractivity contribution < 1.29 is 9.59 Å². The lowest BCUT2D eigenvalue weighted by molar-refractivity contribution is -0.141. The van der Waals surface area contributed by atoms with Gasteiger partial charge in [0.2, 0.25) is 11.8 Å². The van der Waals surface area contributed by atoms with Crippen molar-refractivity contribution in [1.82, 2.24) is 14.4 Å². The molecule has 1 saturated carbocycles. The van der Waals surface area contributed by atoms with Gasteiger partial charge in [0.25, 0.3) is 0 Å². The first kappa shape index (κ1) is 24.8. The highest BCUT2D eigenvalue weighted by Crippen LogP contribution is 2.29. The zero-order valence-corrected chi connectivity index (χ0v) is 20.8. The molecule has 0 spiro atoms. The minimum atomic E-state index is 0.0594. The molecule has 0 saturated heterocycles. The van der Waals surface area contributed by atoms with Crippen molar-refractivity contribution >= 4 is 11.8 Å². The summed E-state index contributed by atoms with van der Waals surface area (Å²) in [6, 6.07) is 24.9. The van der Waals surface area contributed by atoms with Crippen LogP contribution in [0.4, 0.5) is 0 Å². The van der Waals surface area contributed by atoms with Crippen LogP contribution in [0.5, 0.6) is 0 Å². The van der Waals surface area contributed by atoms with E-state index in [0.29, 0.717) is 25.9 Å². The average Bonchev–Trinajstić information content (AvgIpc) is 3.64.